The van der Waals surface area contributed by atoms with Crippen molar-refractivity contribution in [3.05, 3.63) is 78.4 Å². The predicted octanol–water partition coefficient (Wildman–Crippen LogP) is 5.18. The minimum Gasteiger partial charge on any atom is -0.480 e. The molecule has 1 unspecified atom stereocenters. The number of hydrogen-bond acceptors (Lipinski definition) is 6. The van der Waals surface area contributed by atoms with Gasteiger partial charge in [0.05, 0.1) is 16.8 Å². The van der Waals surface area contributed by atoms with E-state index >= 15 is 0 Å². The Bertz CT molecular complexity index is 1850. The van der Waals surface area contributed by atoms with Gasteiger partial charge in [0, 0.05) is 17.5 Å². The summed E-state index contributed by atoms with van der Waals surface area (Å²) in [5, 5.41) is 15.3. The van der Waals surface area contributed by atoms with Crippen molar-refractivity contribution in [2.45, 2.75) is 45.6 Å². The van der Waals surface area contributed by atoms with Crippen LogP contribution in [0.2, 0.25) is 0 Å². The number of aliphatic carboxylic acids is 1. The minimum atomic E-state index is -4.06. The molecule has 1 aromatic heterocycles. The van der Waals surface area contributed by atoms with Crippen molar-refractivity contribution in [3.8, 4) is 11.1 Å². The molecule has 1 heterocycles. The molecule has 234 valence electrons. The Morgan fingerprint density at radius 1 is 1.00 bits per heavy atom. The second-order valence-electron chi connectivity index (χ2n) is 12.6. The number of imidazole rings is 1. The Morgan fingerprint density at radius 2 is 1.67 bits per heavy atom. The van der Waals surface area contributed by atoms with Crippen molar-refractivity contribution in [1.29, 1.82) is 0 Å². The van der Waals surface area contributed by atoms with Crippen LogP contribution in [0.25, 0.3) is 22.2 Å². The summed E-state index contributed by atoms with van der Waals surface area (Å²) in [7, 11) is -4.06. The molecular weight excluding hydrogens is 594 g/mol. The number of carboxylic acids is 1. The number of para-hydroxylation sites is 2. The van der Waals surface area contributed by atoms with E-state index in [0.717, 1.165) is 28.6 Å². The van der Waals surface area contributed by atoms with E-state index in [4.69, 9.17) is 0 Å². The van der Waals surface area contributed by atoms with E-state index in [2.05, 4.69) is 25.3 Å². The monoisotopic (exact) mass is 629 g/mol. The van der Waals surface area contributed by atoms with Crippen LogP contribution in [-0.2, 0) is 26.0 Å². The van der Waals surface area contributed by atoms with Crippen molar-refractivity contribution in [3.63, 3.8) is 0 Å². The number of amides is 2. The largest absolute Gasteiger partial charge is 0.480 e. The molecule has 12 heteroatoms. The predicted molar refractivity (Wildman–Crippen MR) is 171 cm³/mol. The number of aromatic nitrogens is 2. The number of H-pyrrole nitrogens is 1. The zero-order valence-corrected chi connectivity index (χ0v) is 25.8. The van der Waals surface area contributed by atoms with Crippen molar-refractivity contribution in [2.75, 3.05) is 16.4 Å². The highest BCUT2D eigenvalue weighted by molar-refractivity contribution is 7.89. The van der Waals surface area contributed by atoms with Gasteiger partial charge in [-0.25, -0.2) is 22.9 Å². The van der Waals surface area contributed by atoms with Gasteiger partial charge in [-0.2, -0.15) is 0 Å². The molecule has 0 saturated heterocycles. The van der Waals surface area contributed by atoms with Gasteiger partial charge in [0.15, 0.2) is 0 Å². The smallest absolute Gasteiger partial charge is 0.326 e. The van der Waals surface area contributed by atoms with Crippen LogP contribution in [-0.4, -0.2) is 53.1 Å². The summed E-state index contributed by atoms with van der Waals surface area (Å²) in [6.45, 7) is 3.90. The lowest BCUT2D eigenvalue weighted by Crippen LogP contribution is -2.49. The van der Waals surface area contributed by atoms with Crippen LogP contribution in [0.15, 0.2) is 72.8 Å². The molecule has 4 aromatic rings. The molecule has 6 rings (SSSR count). The molecule has 0 aliphatic heterocycles. The van der Waals surface area contributed by atoms with E-state index in [-0.39, 0.29) is 18.1 Å². The number of aromatic amines is 1. The molecule has 2 aliphatic rings. The highest BCUT2D eigenvalue weighted by Crippen LogP contribution is 2.64. The summed E-state index contributed by atoms with van der Waals surface area (Å²) in [6.07, 6.45) is 1.65. The van der Waals surface area contributed by atoms with Crippen LogP contribution in [0.4, 0.5) is 16.4 Å². The molecule has 2 bridgehead atoms. The number of urea groups is 1. The standard InChI is InChI=1S/C33H35N5O6S/c1-32(2)23-15-16-33(32,28(39)18-23)19-45(43,44)38-27(29(40)41)17-20-7-9-21(10-8-20)22-11-13-24(14-12-22)34-31(42)37-30-35-25-5-3-4-6-26(25)36-30/h3-14,23,27,38H,15-19H2,1-2H3,(H,40,41)(H3,34,35,36,37,42)/t23?,27-,33+/m0/s1. The Kier molecular flexibility index (Phi) is 7.74. The van der Waals surface area contributed by atoms with Crippen LogP contribution in [0.3, 0.4) is 0 Å². The number of ketones is 1. The van der Waals surface area contributed by atoms with E-state index < -0.39 is 44.6 Å². The molecule has 3 aromatic carbocycles. The molecular formula is C33H35N5O6S. The number of carboxylic acid groups (broad SMARTS) is 1. The molecule has 11 nitrogen and oxygen atoms in total. The number of sulfonamides is 1. The number of benzene rings is 3. The first-order valence-electron chi connectivity index (χ1n) is 14.8. The normalized spacial score (nSPS) is 21.1. The molecule has 0 spiro atoms. The zero-order chi connectivity index (χ0) is 32.0. The Balaban J connectivity index is 1.06. The average Bonchev–Trinajstić information content (AvgIpc) is 3.56. The average molecular weight is 630 g/mol. The van der Waals surface area contributed by atoms with Crippen LogP contribution < -0.4 is 15.4 Å². The topological polar surface area (TPSA) is 170 Å². The fraction of sp³-hybridized carbons (Fsp3) is 0.333. The molecule has 0 radical (unpaired) electrons. The number of rotatable bonds is 10. The Morgan fingerprint density at radius 3 is 2.27 bits per heavy atom. The van der Waals surface area contributed by atoms with Crippen LogP contribution in [0.1, 0.15) is 38.7 Å². The number of fused-ring (bicyclic) bond motifs is 3. The maximum atomic E-state index is 13.2. The van der Waals surface area contributed by atoms with Crippen LogP contribution in [0, 0.1) is 16.7 Å². The fourth-order valence-corrected chi connectivity index (χ4v) is 8.99. The summed E-state index contributed by atoms with van der Waals surface area (Å²) in [4.78, 5) is 44.7. The molecule has 2 saturated carbocycles. The molecule has 2 aliphatic carbocycles. The van der Waals surface area contributed by atoms with Gasteiger partial charge in [-0.1, -0.05) is 62.4 Å². The van der Waals surface area contributed by atoms with E-state index in [1.807, 2.05) is 62.4 Å². The highest BCUT2D eigenvalue weighted by atomic mass is 32.2. The van der Waals surface area contributed by atoms with Crippen LogP contribution >= 0.6 is 0 Å². The zero-order valence-electron chi connectivity index (χ0n) is 25.0. The summed E-state index contributed by atoms with van der Waals surface area (Å²) < 4.78 is 28.8. The molecule has 3 atom stereocenters. The number of carbonyl (C=O) groups is 3. The van der Waals surface area contributed by atoms with Gasteiger partial charge in [-0.05, 0) is 71.6 Å². The van der Waals surface area contributed by atoms with Crippen molar-refractivity contribution >= 4 is 50.5 Å². The van der Waals surface area contributed by atoms with Crippen molar-refractivity contribution in [2.24, 2.45) is 16.7 Å². The Hall–Kier alpha value is -4.55. The van der Waals surface area contributed by atoms with E-state index in [1.54, 1.807) is 24.3 Å². The second-order valence-corrected chi connectivity index (χ2v) is 14.3. The van der Waals surface area contributed by atoms with Crippen molar-refractivity contribution in [1.82, 2.24) is 14.7 Å². The van der Waals surface area contributed by atoms with Crippen molar-refractivity contribution < 1.29 is 27.9 Å². The summed E-state index contributed by atoms with van der Waals surface area (Å²) >= 11 is 0. The van der Waals surface area contributed by atoms with Gasteiger partial charge < -0.3 is 15.4 Å². The van der Waals surface area contributed by atoms with Gasteiger partial charge in [0.25, 0.3) is 0 Å². The third kappa shape index (κ3) is 5.95. The quantitative estimate of drug-likeness (QED) is 0.161. The number of anilines is 2. The number of Topliss-reactive ketones (excluding diaryl/α,β-unsaturated/α-hetero) is 1. The summed E-state index contributed by atoms with van der Waals surface area (Å²) in [5.41, 5.74) is 3.11. The summed E-state index contributed by atoms with van der Waals surface area (Å²) in [5.74, 6) is -1.21. The lowest BCUT2D eigenvalue weighted by molar-refractivity contribution is -0.138. The third-order valence-electron chi connectivity index (χ3n) is 9.69. The highest BCUT2D eigenvalue weighted by Gasteiger charge is 2.65. The SMILES string of the molecule is CC1(C)C2CC[C@@]1(CS(=O)(=O)N[C@@H](Cc1ccc(-c3ccc(NC(=O)Nc4nc5ccccc5[nH]4)cc3)cc1)C(=O)O)C(=O)C2. The minimum absolute atomic E-state index is 0.0358. The lowest BCUT2D eigenvalue weighted by atomic mass is 9.70. The fourth-order valence-electron chi connectivity index (χ4n) is 6.97. The molecule has 45 heavy (non-hydrogen) atoms. The second kappa shape index (κ2) is 11.4. The molecule has 2 amide bonds. The number of carbonyl (C=O) groups excluding carboxylic acids is 2. The first-order chi connectivity index (χ1) is 21.3. The van der Waals surface area contributed by atoms with E-state index in [1.165, 1.54) is 0 Å². The van der Waals surface area contributed by atoms with E-state index in [0.29, 0.717) is 30.0 Å². The summed E-state index contributed by atoms with van der Waals surface area (Å²) in [6, 6.07) is 20.0. The number of nitrogens with one attached hydrogen (secondary N) is 4. The molecule has 2 fully saturated rings. The maximum Gasteiger partial charge on any atom is 0.326 e. The molecule has 5 N–H and O–H groups in total. The first-order valence-corrected chi connectivity index (χ1v) is 16.5. The van der Waals surface area contributed by atoms with E-state index in [9.17, 15) is 27.9 Å². The van der Waals surface area contributed by atoms with Gasteiger partial charge in [0.2, 0.25) is 16.0 Å². The number of hydrogen-bond donors (Lipinski definition) is 5. The van der Waals surface area contributed by atoms with Gasteiger partial charge >= 0.3 is 12.0 Å². The van der Waals surface area contributed by atoms with Crippen LogP contribution in [0.5, 0.6) is 0 Å². The number of nitrogens with zero attached hydrogens (tertiary/aromatic N) is 1. The van der Waals surface area contributed by atoms with Gasteiger partial charge in [0.1, 0.15) is 11.8 Å². The lowest BCUT2D eigenvalue weighted by Gasteiger charge is -2.36. The van der Waals surface area contributed by atoms with Gasteiger partial charge in [-0.15, -0.1) is 0 Å². The first kappa shape index (κ1) is 30.5. The third-order valence-corrected chi connectivity index (χ3v) is 11.2. The maximum absolute atomic E-state index is 13.2. The Labute approximate surface area is 260 Å². The van der Waals surface area contributed by atoms with Gasteiger partial charge in [-0.3, -0.25) is 14.9 Å².